The second kappa shape index (κ2) is 13.3. The van der Waals surface area contributed by atoms with Gasteiger partial charge in [-0.15, -0.1) is 10.2 Å². The number of rotatable bonds is 9. The van der Waals surface area contributed by atoms with E-state index in [-0.39, 0.29) is 11.8 Å². The molecule has 0 bridgehead atoms. The first-order chi connectivity index (χ1) is 19.9. The molecular weight excluding hydrogens is 598 g/mol. The molecule has 2 N–H and O–H groups in total. The summed E-state index contributed by atoms with van der Waals surface area (Å²) >= 11 is 4.96. The van der Waals surface area contributed by atoms with Crippen LogP contribution in [-0.2, 0) is 17.6 Å². The summed E-state index contributed by atoms with van der Waals surface area (Å²) in [5, 5.41) is 15.3. The Balaban J connectivity index is 1.15. The molecule has 0 radical (unpaired) electrons. The zero-order chi connectivity index (χ0) is 28.6. The average Bonchev–Trinajstić information content (AvgIpc) is 3.37. The van der Waals surface area contributed by atoms with Gasteiger partial charge in [-0.3, -0.25) is 9.59 Å². The number of halogens is 1. The van der Waals surface area contributed by atoms with Gasteiger partial charge in [0.05, 0.1) is 0 Å². The molecule has 204 valence electrons. The fraction of sp³-hybridized carbons (Fsp3) is 0.0625. The molecule has 4 aromatic carbocycles. The molecule has 9 heteroatoms. The fourth-order valence-corrected chi connectivity index (χ4v) is 5.08. The monoisotopic (exact) mass is 623 g/mol. The minimum Gasteiger partial charge on any atom is -0.323 e. The molecule has 0 atom stereocenters. The van der Waals surface area contributed by atoms with Gasteiger partial charge >= 0.3 is 0 Å². The van der Waals surface area contributed by atoms with E-state index in [1.54, 1.807) is 17.8 Å². The van der Waals surface area contributed by atoms with E-state index < -0.39 is 0 Å². The Morgan fingerprint density at radius 2 is 1.49 bits per heavy atom. The first-order valence-corrected chi connectivity index (χ1v) is 14.5. The van der Waals surface area contributed by atoms with Crippen molar-refractivity contribution in [2.75, 3.05) is 10.6 Å². The number of carbonyl (C=O) groups is 2. The summed E-state index contributed by atoms with van der Waals surface area (Å²) in [5.74, 6) is 1.06. The number of carbonyl (C=O) groups excluding carboxylic acids is 2. The van der Waals surface area contributed by atoms with Crippen LogP contribution in [0.5, 0.6) is 0 Å². The van der Waals surface area contributed by atoms with Gasteiger partial charge in [0, 0.05) is 45.9 Å². The van der Waals surface area contributed by atoms with Gasteiger partial charge in [-0.25, -0.2) is 0 Å². The molecule has 0 saturated carbocycles. The predicted molar refractivity (Wildman–Crippen MR) is 169 cm³/mol. The van der Waals surface area contributed by atoms with Crippen LogP contribution in [0.3, 0.4) is 0 Å². The van der Waals surface area contributed by atoms with Crippen LogP contribution in [0.1, 0.15) is 21.5 Å². The molecular formula is C32H26BrN5O2S. The van der Waals surface area contributed by atoms with E-state index in [1.807, 2.05) is 115 Å². The van der Waals surface area contributed by atoms with Crippen LogP contribution in [-0.4, -0.2) is 26.6 Å². The third-order valence-electron chi connectivity index (χ3n) is 6.16. The minimum atomic E-state index is -0.197. The van der Waals surface area contributed by atoms with Crippen LogP contribution in [0.4, 0.5) is 11.4 Å². The lowest BCUT2D eigenvalue weighted by atomic mass is 10.1. The highest BCUT2D eigenvalue weighted by Crippen LogP contribution is 2.26. The van der Waals surface area contributed by atoms with Crippen molar-refractivity contribution in [3.8, 4) is 11.4 Å². The highest BCUT2D eigenvalue weighted by molar-refractivity contribution is 9.10. The molecule has 0 saturated heterocycles. The molecule has 7 nitrogen and oxygen atoms in total. The summed E-state index contributed by atoms with van der Waals surface area (Å²) < 4.78 is 2.90. The molecule has 0 fully saturated rings. The van der Waals surface area contributed by atoms with E-state index in [0.29, 0.717) is 17.0 Å². The second-order valence-electron chi connectivity index (χ2n) is 9.12. The number of anilines is 2. The van der Waals surface area contributed by atoms with Crippen LogP contribution in [0, 0.1) is 0 Å². The van der Waals surface area contributed by atoms with Gasteiger partial charge in [0.15, 0.2) is 11.0 Å². The molecule has 0 unspecified atom stereocenters. The van der Waals surface area contributed by atoms with Gasteiger partial charge in [-0.05, 0) is 77.9 Å². The van der Waals surface area contributed by atoms with Crippen molar-refractivity contribution in [3.63, 3.8) is 0 Å². The Hall–Kier alpha value is -4.47. The zero-order valence-corrected chi connectivity index (χ0v) is 24.5. The maximum absolute atomic E-state index is 12.6. The van der Waals surface area contributed by atoms with Gasteiger partial charge in [-0.1, -0.05) is 70.2 Å². The Kier molecular flexibility index (Phi) is 9.08. The standard InChI is InChI=1S/C32H26BrN5O2S/c1-38-30(24-12-16-27(17-13-24)34-29(39)20-9-22-5-3-2-4-6-22)36-37-32(38)41-21-23-7-10-25(11-8-23)31(40)35-28-18-14-26(33)15-19-28/h2-20H,21H2,1H3,(H,34,39)(H,35,40)/b20-9+. The number of nitrogens with one attached hydrogen (secondary N) is 2. The average molecular weight is 625 g/mol. The Labute approximate surface area is 250 Å². The number of amides is 2. The summed E-state index contributed by atoms with van der Waals surface area (Å²) in [6.45, 7) is 0. The summed E-state index contributed by atoms with van der Waals surface area (Å²) in [6, 6.07) is 32.2. The van der Waals surface area contributed by atoms with Crippen LogP contribution in [0.2, 0.25) is 0 Å². The van der Waals surface area contributed by atoms with Crippen molar-refractivity contribution < 1.29 is 9.59 Å². The lowest BCUT2D eigenvalue weighted by Gasteiger charge is -2.07. The maximum Gasteiger partial charge on any atom is 0.255 e. The van der Waals surface area contributed by atoms with Crippen LogP contribution in [0.25, 0.3) is 17.5 Å². The molecule has 0 spiro atoms. The van der Waals surface area contributed by atoms with E-state index in [4.69, 9.17) is 0 Å². The normalized spacial score (nSPS) is 11.0. The lowest BCUT2D eigenvalue weighted by molar-refractivity contribution is -0.111. The molecule has 2 amide bonds. The van der Waals surface area contributed by atoms with Gasteiger partial charge in [0.2, 0.25) is 5.91 Å². The number of hydrogen-bond donors (Lipinski definition) is 2. The Bertz CT molecular complexity index is 1670. The third kappa shape index (κ3) is 7.59. The number of thioether (sulfide) groups is 1. The quantitative estimate of drug-likeness (QED) is 0.132. The first-order valence-electron chi connectivity index (χ1n) is 12.8. The number of benzene rings is 4. The summed E-state index contributed by atoms with van der Waals surface area (Å²) in [4.78, 5) is 24.8. The van der Waals surface area contributed by atoms with Crippen molar-refractivity contribution in [2.45, 2.75) is 10.9 Å². The summed E-state index contributed by atoms with van der Waals surface area (Å²) in [7, 11) is 1.93. The lowest BCUT2D eigenvalue weighted by Crippen LogP contribution is -2.11. The summed E-state index contributed by atoms with van der Waals surface area (Å²) in [5.41, 5.74) is 4.96. The molecule has 0 aliphatic carbocycles. The Morgan fingerprint density at radius 1 is 0.829 bits per heavy atom. The van der Waals surface area contributed by atoms with E-state index in [9.17, 15) is 9.59 Å². The van der Waals surface area contributed by atoms with Crippen LogP contribution in [0.15, 0.2) is 119 Å². The molecule has 0 aliphatic rings. The smallest absolute Gasteiger partial charge is 0.255 e. The highest BCUT2D eigenvalue weighted by Gasteiger charge is 2.12. The van der Waals surface area contributed by atoms with Crippen molar-refractivity contribution in [1.82, 2.24) is 14.8 Å². The zero-order valence-electron chi connectivity index (χ0n) is 22.1. The van der Waals surface area contributed by atoms with Crippen LogP contribution >= 0.6 is 27.7 Å². The third-order valence-corrected chi connectivity index (χ3v) is 7.78. The topological polar surface area (TPSA) is 88.9 Å². The van der Waals surface area contributed by atoms with E-state index in [0.717, 1.165) is 37.8 Å². The van der Waals surface area contributed by atoms with E-state index >= 15 is 0 Å². The van der Waals surface area contributed by atoms with Crippen LogP contribution < -0.4 is 10.6 Å². The second-order valence-corrected chi connectivity index (χ2v) is 11.0. The first kappa shape index (κ1) is 28.1. The van der Waals surface area contributed by atoms with Gasteiger partial charge < -0.3 is 15.2 Å². The van der Waals surface area contributed by atoms with Gasteiger partial charge in [0.1, 0.15) is 0 Å². The van der Waals surface area contributed by atoms with Crippen molar-refractivity contribution >= 4 is 57.0 Å². The molecule has 5 rings (SSSR count). The van der Waals surface area contributed by atoms with Crippen molar-refractivity contribution in [3.05, 3.63) is 130 Å². The number of hydrogen-bond acceptors (Lipinski definition) is 5. The Morgan fingerprint density at radius 3 is 2.20 bits per heavy atom. The SMILES string of the molecule is Cn1c(SCc2ccc(C(=O)Nc3ccc(Br)cc3)cc2)nnc1-c1ccc(NC(=O)/C=C/c2ccccc2)cc1. The largest absolute Gasteiger partial charge is 0.323 e. The molecule has 1 aromatic heterocycles. The number of nitrogens with zero attached hydrogens (tertiary/aromatic N) is 3. The highest BCUT2D eigenvalue weighted by atomic mass is 79.9. The van der Waals surface area contributed by atoms with Crippen molar-refractivity contribution in [2.24, 2.45) is 7.05 Å². The number of aromatic nitrogens is 3. The predicted octanol–water partition coefficient (Wildman–Crippen LogP) is 7.44. The molecule has 5 aromatic rings. The molecule has 1 heterocycles. The van der Waals surface area contributed by atoms with Crippen molar-refractivity contribution in [1.29, 1.82) is 0 Å². The maximum atomic E-state index is 12.6. The van der Waals surface area contributed by atoms with Gasteiger partial charge in [0.25, 0.3) is 5.91 Å². The molecule has 0 aliphatic heterocycles. The van der Waals surface area contributed by atoms with Gasteiger partial charge in [-0.2, -0.15) is 0 Å². The minimum absolute atomic E-state index is 0.154. The van der Waals surface area contributed by atoms with E-state index in [2.05, 4.69) is 36.8 Å². The fourth-order valence-electron chi connectivity index (χ4n) is 3.95. The summed E-state index contributed by atoms with van der Waals surface area (Å²) in [6.07, 6.45) is 3.29. The van der Waals surface area contributed by atoms with E-state index in [1.165, 1.54) is 6.08 Å². The molecule has 41 heavy (non-hydrogen) atoms.